The van der Waals surface area contributed by atoms with Crippen molar-refractivity contribution in [1.29, 1.82) is 0 Å². The summed E-state index contributed by atoms with van der Waals surface area (Å²) < 4.78 is 1.23. The Labute approximate surface area is 117 Å². The maximum absolute atomic E-state index is 3.59. The molecular formula is C13H21BrN2S. The Morgan fingerprint density at radius 1 is 1.59 bits per heavy atom. The summed E-state index contributed by atoms with van der Waals surface area (Å²) in [5.41, 5.74) is 0. The first kappa shape index (κ1) is 13.5. The van der Waals surface area contributed by atoms with Gasteiger partial charge in [0.2, 0.25) is 0 Å². The predicted octanol–water partition coefficient (Wildman–Crippen LogP) is 3.65. The van der Waals surface area contributed by atoms with E-state index in [-0.39, 0.29) is 0 Å². The Hall–Kier alpha value is 0.1000. The number of thiophene rings is 1. The minimum atomic E-state index is 0.527. The van der Waals surface area contributed by atoms with Crippen molar-refractivity contribution < 1.29 is 0 Å². The molecule has 0 saturated carbocycles. The average Bonchev–Trinajstić information content (AvgIpc) is 2.96. The zero-order chi connectivity index (χ0) is 12.3. The van der Waals surface area contributed by atoms with E-state index >= 15 is 0 Å². The molecule has 1 aliphatic rings. The second-order valence-electron chi connectivity index (χ2n) is 4.70. The van der Waals surface area contributed by atoms with E-state index in [2.05, 4.69) is 52.1 Å². The summed E-state index contributed by atoms with van der Waals surface area (Å²) in [6.45, 7) is 8.06. The van der Waals surface area contributed by atoms with Gasteiger partial charge in [-0.3, -0.25) is 4.90 Å². The molecule has 0 bridgehead atoms. The highest BCUT2D eigenvalue weighted by Gasteiger charge is 2.21. The molecule has 0 aliphatic carbocycles. The second kappa shape index (κ2) is 6.32. The lowest BCUT2D eigenvalue weighted by atomic mass is 10.1. The molecule has 17 heavy (non-hydrogen) atoms. The van der Waals surface area contributed by atoms with Crippen LogP contribution in [0.1, 0.15) is 37.6 Å². The minimum absolute atomic E-state index is 0.527. The Balaban J connectivity index is 1.96. The standard InChI is InChI=1S/C13H21BrN2S/c1-3-16(9-11-5-4-8-15-11)10(2)12-6-7-13(14)17-12/h6-7,10-11,15H,3-5,8-9H2,1-2H3. The van der Waals surface area contributed by atoms with E-state index < -0.39 is 0 Å². The molecule has 1 aromatic heterocycles. The number of likely N-dealkylation sites (N-methyl/N-ethyl adjacent to an activating group) is 1. The largest absolute Gasteiger partial charge is 0.313 e. The van der Waals surface area contributed by atoms with E-state index in [0.717, 1.165) is 6.54 Å². The molecule has 0 spiro atoms. The molecule has 4 heteroatoms. The van der Waals surface area contributed by atoms with E-state index in [4.69, 9.17) is 0 Å². The smallest absolute Gasteiger partial charge is 0.0701 e. The molecule has 2 heterocycles. The molecule has 2 atom stereocenters. The molecule has 0 amide bonds. The van der Waals surface area contributed by atoms with Crippen molar-refractivity contribution in [3.8, 4) is 0 Å². The fourth-order valence-corrected chi connectivity index (χ4v) is 4.00. The number of nitrogens with zero attached hydrogens (tertiary/aromatic N) is 1. The van der Waals surface area contributed by atoms with E-state index in [1.54, 1.807) is 0 Å². The van der Waals surface area contributed by atoms with Crippen LogP contribution in [-0.4, -0.2) is 30.6 Å². The highest BCUT2D eigenvalue weighted by molar-refractivity contribution is 9.11. The van der Waals surface area contributed by atoms with Gasteiger partial charge in [0.25, 0.3) is 0 Å². The molecular weight excluding hydrogens is 296 g/mol. The van der Waals surface area contributed by atoms with E-state index in [1.807, 2.05) is 11.3 Å². The number of rotatable bonds is 5. The van der Waals surface area contributed by atoms with Crippen LogP contribution in [0.25, 0.3) is 0 Å². The monoisotopic (exact) mass is 316 g/mol. The third-order valence-corrected chi connectivity index (χ3v) is 5.37. The van der Waals surface area contributed by atoms with Crippen LogP contribution >= 0.6 is 27.3 Å². The second-order valence-corrected chi connectivity index (χ2v) is 7.19. The molecule has 2 rings (SSSR count). The van der Waals surface area contributed by atoms with Gasteiger partial charge in [0.15, 0.2) is 0 Å². The quantitative estimate of drug-likeness (QED) is 0.892. The first-order chi connectivity index (χ1) is 8.20. The molecule has 1 saturated heterocycles. The fraction of sp³-hybridized carbons (Fsp3) is 0.692. The van der Waals surface area contributed by atoms with Crippen LogP contribution in [0.15, 0.2) is 15.9 Å². The van der Waals surface area contributed by atoms with Gasteiger partial charge in [0.05, 0.1) is 3.79 Å². The van der Waals surface area contributed by atoms with Crippen LogP contribution in [0.4, 0.5) is 0 Å². The number of halogens is 1. The first-order valence-corrected chi connectivity index (χ1v) is 8.04. The molecule has 1 fully saturated rings. The van der Waals surface area contributed by atoms with Gasteiger partial charge in [-0.1, -0.05) is 6.92 Å². The Bertz CT molecular complexity index is 347. The van der Waals surface area contributed by atoms with Gasteiger partial charge in [-0.25, -0.2) is 0 Å². The molecule has 0 radical (unpaired) electrons. The number of hydrogen-bond acceptors (Lipinski definition) is 3. The zero-order valence-electron chi connectivity index (χ0n) is 10.6. The van der Waals surface area contributed by atoms with Crippen molar-refractivity contribution in [2.75, 3.05) is 19.6 Å². The van der Waals surface area contributed by atoms with Gasteiger partial charge in [-0.15, -0.1) is 11.3 Å². The third-order valence-electron chi connectivity index (χ3n) is 3.58. The van der Waals surface area contributed by atoms with E-state index in [0.29, 0.717) is 12.1 Å². The summed E-state index contributed by atoms with van der Waals surface area (Å²) in [4.78, 5) is 4.03. The lowest BCUT2D eigenvalue weighted by Crippen LogP contribution is -2.38. The van der Waals surface area contributed by atoms with Gasteiger partial charge in [0.1, 0.15) is 0 Å². The normalized spacial score (nSPS) is 22.2. The van der Waals surface area contributed by atoms with Gasteiger partial charge in [-0.05, 0) is 60.9 Å². The SMILES string of the molecule is CCN(CC1CCCN1)C(C)c1ccc(Br)s1. The summed E-state index contributed by atoms with van der Waals surface area (Å²) in [7, 11) is 0. The molecule has 0 aromatic carbocycles. The number of hydrogen-bond donors (Lipinski definition) is 1. The summed E-state index contributed by atoms with van der Waals surface area (Å²) in [6.07, 6.45) is 2.67. The molecule has 2 nitrogen and oxygen atoms in total. The summed E-state index contributed by atoms with van der Waals surface area (Å²) >= 11 is 5.40. The minimum Gasteiger partial charge on any atom is -0.313 e. The van der Waals surface area contributed by atoms with E-state index in [9.17, 15) is 0 Å². The van der Waals surface area contributed by atoms with Crippen LogP contribution in [0.2, 0.25) is 0 Å². The predicted molar refractivity (Wildman–Crippen MR) is 78.7 cm³/mol. The Kier molecular flexibility index (Phi) is 5.03. The topological polar surface area (TPSA) is 15.3 Å². The van der Waals surface area contributed by atoms with Crippen molar-refractivity contribution in [2.45, 2.75) is 38.8 Å². The van der Waals surface area contributed by atoms with Crippen molar-refractivity contribution in [2.24, 2.45) is 0 Å². The van der Waals surface area contributed by atoms with Crippen LogP contribution in [0.5, 0.6) is 0 Å². The van der Waals surface area contributed by atoms with Gasteiger partial charge in [-0.2, -0.15) is 0 Å². The molecule has 2 unspecified atom stereocenters. The van der Waals surface area contributed by atoms with Gasteiger partial charge >= 0.3 is 0 Å². The van der Waals surface area contributed by atoms with Gasteiger partial charge in [0, 0.05) is 23.5 Å². The van der Waals surface area contributed by atoms with Crippen molar-refractivity contribution in [3.05, 3.63) is 20.8 Å². The summed E-state index contributed by atoms with van der Waals surface area (Å²) in [5, 5.41) is 3.59. The van der Waals surface area contributed by atoms with Crippen LogP contribution in [0, 0.1) is 0 Å². The van der Waals surface area contributed by atoms with Crippen LogP contribution in [0.3, 0.4) is 0 Å². The first-order valence-electron chi connectivity index (χ1n) is 6.43. The zero-order valence-corrected chi connectivity index (χ0v) is 13.0. The summed E-state index contributed by atoms with van der Waals surface area (Å²) in [6, 6.07) is 5.61. The van der Waals surface area contributed by atoms with Crippen LogP contribution in [-0.2, 0) is 0 Å². The van der Waals surface area contributed by atoms with Gasteiger partial charge < -0.3 is 5.32 Å². The Morgan fingerprint density at radius 2 is 2.41 bits per heavy atom. The molecule has 96 valence electrons. The van der Waals surface area contributed by atoms with Crippen molar-refractivity contribution in [1.82, 2.24) is 10.2 Å². The van der Waals surface area contributed by atoms with Crippen LogP contribution < -0.4 is 5.32 Å². The third kappa shape index (κ3) is 3.53. The maximum Gasteiger partial charge on any atom is 0.0701 e. The molecule has 1 aromatic rings. The fourth-order valence-electron chi connectivity index (χ4n) is 2.49. The Morgan fingerprint density at radius 3 is 2.94 bits per heavy atom. The maximum atomic E-state index is 3.59. The highest BCUT2D eigenvalue weighted by Crippen LogP contribution is 2.30. The van der Waals surface area contributed by atoms with E-state index in [1.165, 1.54) is 34.6 Å². The van der Waals surface area contributed by atoms with Crippen molar-refractivity contribution >= 4 is 27.3 Å². The lowest BCUT2D eigenvalue weighted by Gasteiger charge is -2.29. The van der Waals surface area contributed by atoms with Crippen molar-refractivity contribution in [3.63, 3.8) is 0 Å². The lowest BCUT2D eigenvalue weighted by molar-refractivity contribution is 0.205. The summed E-state index contributed by atoms with van der Waals surface area (Å²) in [5.74, 6) is 0. The highest BCUT2D eigenvalue weighted by atomic mass is 79.9. The molecule has 1 N–H and O–H groups in total. The number of nitrogens with one attached hydrogen (secondary N) is 1. The average molecular weight is 317 g/mol. The molecule has 1 aliphatic heterocycles.